The molecule has 1 aromatic carbocycles. The standard InChI is InChI=1S/C45H39N13O8S6/c1-19-32-39(65)58-45-57-34(28(72-45)14-66-4)38(64)47-13-31(61)55-35(36(62)21-8-6-5-7-9-21)44-53-27(17-69-44)42-51-25(15-68-42)33-22(10-11-23(49-33)41-54-29(18-70-41)48-20(2)59)40-52-26(16-67-40)37(63)50-24(12-30(60)46-3)43(56-32)71-19/h5-11,15-18,24,35-36,62H,12-14H2,1-4H3,(H,46,60)(H,47,64)(H,48,59)(H,50,63)(H,55,61)(H,57,58,65)/t24-,35-,36-/m0/s1. The molecule has 0 saturated heterocycles. The van der Waals surface area contributed by atoms with Gasteiger partial charge in [0.1, 0.15) is 77.2 Å². The van der Waals surface area contributed by atoms with Gasteiger partial charge in [0.15, 0.2) is 5.13 Å². The van der Waals surface area contributed by atoms with Crippen LogP contribution in [0.3, 0.4) is 0 Å². The van der Waals surface area contributed by atoms with Crippen molar-refractivity contribution in [3.8, 4) is 43.4 Å². The molecule has 1 aliphatic heterocycles. The number of aliphatic hydroxyl groups excluding tert-OH is 1. The molecule has 0 unspecified atom stereocenters. The summed E-state index contributed by atoms with van der Waals surface area (Å²) in [5.74, 6) is -2.96. The molecule has 9 rings (SSSR count). The molecule has 7 N–H and O–H groups in total. The number of thiazole rings is 6. The molecule has 21 nitrogen and oxygen atoms in total. The fraction of sp³-hybridized carbons (Fsp3) is 0.222. The highest BCUT2D eigenvalue weighted by atomic mass is 32.1. The van der Waals surface area contributed by atoms with E-state index in [4.69, 9.17) is 24.7 Å². The number of benzene rings is 1. The van der Waals surface area contributed by atoms with Crippen LogP contribution in [-0.4, -0.2) is 96.1 Å². The van der Waals surface area contributed by atoms with Crippen LogP contribution in [0.15, 0.2) is 64.0 Å². The topological polar surface area (TPSA) is 294 Å². The first kappa shape index (κ1) is 49.9. The minimum Gasteiger partial charge on any atom is -0.386 e. The second-order valence-electron chi connectivity index (χ2n) is 15.6. The predicted molar refractivity (Wildman–Crippen MR) is 274 cm³/mol. The van der Waals surface area contributed by atoms with Gasteiger partial charge in [-0.05, 0) is 24.6 Å². The number of rotatable bonds is 8. The van der Waals surface area contributed by atoms with Crippen LogP contribution < -0.4 is 31.9 Å². The van der Waals surface area contributed by atoms with Crippen LogP contribution in [0, 0.1) is 6.92 Å². The van der Waals surface area contributed by atoms with E-state index >= 15 is 0 Å². The number of hydrogen-bond donors (Lipinski definition) is 7. The Morgan fingerprint density at radius 1 is 0.750 bits per heavy atom. The zero-order valence-electron chi connectivity index (χ0n) is 38.1. The lowest BCUT2D eigenvalue weighted by Crippen LogP contribution is -2.40. The van der Waals surface area contributed by atoms with Crippen molar-refractivity contribution < 1.29 is 38.6 Å². The van der Waals surface area contributed by atoms with Gasteiger partial charge in [-0.1, -0.05) is 41.7 Å². The van der Waals surface area contributed by atoms with Gasteiger partial charge in [-0.2, -0.15) is 0 Å². The number of aromatic nitrogens is 7. The van der Waals surface area contributed by atoms with E-state index in [1.807, 2.05) is 0 Å². The lowest BCUT2D eigenvalue weighted by atomic mass is 10.0. The summed E-state index contributed by atoms with van der Waals surface area (Å²) in [6, 6.07) is 10.3. The summed E-state index contributed by atoms with van der Waals surface area (Å²) in [5.41, 5.74) is 2.73. The van der Waals surface area contributed by atoms with Crippen LogP contribution in [0.5, 0.6) is 0 Å². The van der Waals surface area contributed by atoms with Crippen LogP contribution in [-0.2, 0) is 25.7 Å². The number of methoxy groups -OCH3 is 1. The van der Waals surface area contributed by atoms with Crippen molar-refractivity contribution in [2.45, 2.75) is 45.1 Å². The highest BCUT2D eigenvalue weighted by molar-refractivity contribution is 7.16. The van der Waals surface area contributed by atoms with E-state index in [2.05, 4.69) is 46.9 Å². The molecule has 368 valence electrons. The molecule has 10 bridgehead atoms. The molecular formula is C45H39N13O8S6. The summed E-state index contributed by atoms with van der Waals surface area (Å²) in [4.78, 5) is 114. The van der Waals surface area contributed by atoms with Crippen LogP contribution in [0.4, 0.5) is 10.9 Å². The number of aliphatic hydroxyl groups is 1. The first-order chi connectivity index (χ1) is 34.7. The van der Waals surface area contributed by atoms with Crippen molar-refractivity contribution in [1.29, 1.82) is 0 Å². The van der Waals surface area contributed by atoms with Gasteiger partial charge < -0.3 is 36.4 Å². The monoisotopic (exact) mass is 1080 g/mol. The van der Waals surface area contributed by atoms with Gasteiger partial charge in [0.25, 0.3) is 17.7 Å². The van der Waals surface area contributed by atoms with Crippen molar-refractivity contribution in [1.82, 2.24) is 56.2 Å². The minimum absolute atomic E-state index is 0.00113. The Morgan fingerprint density at radius 2 is 1.49 bits per heavy atom. The number of carbonyl (C=O) groups excluding carboxylic acids is 6. The van der Waals surface area contributed by atoms with Gasteiger partial charge in [0.2, 0.25) is 17.7 Å². The summed E-state index contributed by atoms with van der Waals surface area (Å²) in [7, 11) is 2.89. The van der Waals surface area contributed by atoms with Crippen LogP contribution in [0.1, 0.15) is 88.3 Å². The number of nitrogens with zero attached hydrogens (tertiary/aromatic N) is 7. The molecule has 6 amide bonds. The average molecular weight is 1080 g/mol. The molecular weight excluding hydrogens is 1040 g/mol. The fourth-order valence-electron chi connectivity index (χ4n) is 7.16. The molecule has 1 aliphatic rings. The van der Waals surface area contributed by atoms with Crippen molar-refractivity contribution in [3.63, 3.8) is 0 Å². The zero-order valence-corrected chi connectivity index (χ0v) is 43.0. The Hall–Kier alpha value is -7.11. The summed E-state index contributed by atoms with van der Waals surface area (Å²) >= 11 is 7.04. The molecule has 27 heteroatoms. The molecule has 0 aliphatic carbocycles. The van der Waals surface area contributed by atoms with Gasteiger partial charge in [0.05, 0.1) is 36.2 Å². The zero-order chi connectivity index (χ0) is 50.6. The maximum atomic E-state index is 14.1. The normalized spacial score (nSPS) is 15.7. The van der Waals surface area contributed by atoms with Gasteiger partial charge in [-0.15, -0.1) is 56.7 Å². The van der Waals surface area contributed by atoms with Crippen LogP contribution >= 0.6 is 68.0 Å². The number of anilines is 2. The lowest BCUT2D eigenvalue weighted by molar-refractivity contribution is -0.122. The number of carbonyl (C=O) groups is 6. The Bertz CT molecular complexity index is 3360. The number of fused-ring (bicyclic) bond motifs is 14. The lowest BCUT2D eigenvalue weighted by Gasteiger charge is -2.23. The summed E-state index contributed by atoms with van der Waals surface area (Å²) in [6.45, 7) is 2.49. The highest BCUT2D eigenvalue weighted by Crippen LogP contribution is 2.40. The molecule has 0 saturated carbocycles. The maximum Gasteiger partial charge on any atom is 0.277 e. The van der Waals surface area contributed by atoms with Crippen molar-refractivity contribution in [3.05, 3.63) is 106 Å². The summed E-state index contributed by atoms with van der Waals surface area (Å²) in [5, 5.41) is 36.9. The van der Waals surface area contributed by atoms with Crippen molar-refractivity contribution in [2.24, 2.45) is 0 Å². The predicted octanol–water partition coefficient (Wildman–Crippen LogP) is 6.40. The third-order valence-electron chi connectivity index (χ3n) is 10.5. The quantitative estimate of drug-likeness (QED) is 0.0867. The number of ether oxygens (including phenoxy) is 1. The molecule has 0 fully saturated rings. The van der Waals surface area contributed by atoms with Crippen LogP contribution in [0.25, 0.3) is 43.4 Å². The van der Waals surface area contributed by atoms with Crippen molar-refractivity contribution in [2.75, 3.05) is 31.3 Å². The highest BCUT2D eigenvalue weighted by Gasteiger charge is 2.31. The number of amides is 6. The van der Waals surface area contributed by atoms with E-state index in [1.165, 1.54) is 66.4 Å². The molecule has 0 radical (unpaired) electrons. The molecule has 0 spiro atoms. The van der Waals surface area contributed by atoms with Gasteiger partial charge in [0, 0.05) is 53.0 Å². The number of aryl methyl sites for hydroxylation is 1. The molecule has 72 heavy (non-hydrogen) atoms. The van der Waals surface area contributed by atoms with E-state index in [-0.39, 0.29) is 46.2 Å². The third kappa shape index (κ3) is 11.0. The van der Waals surface area contributed by atoms with E-state index in [0.29, 0.717) is 69.5 Å². The maximum absolute atomic E-state index is 14.1. The second kappa shape index (κ2) is 21.7. The molecule has 8 aromatic rings. The number of nitrogens with one attached hydrogen (secondary N) is 6. The first-order valence-corrected chi connectivity index (χ1v) is 26.6. The van der Waals surface area contributed by atoms with Gasteiger partial charge >= 0.3 is 0 Å². The second-order valence-corrected chi connectivity index (χ2v) is 21.4. The molecule has 7 aromatic heterocycles. The summed E-state index contributed by atoms with van der Waals surface area (Å²) in [6.07, 6.45) is -1.47. The van der Waals surface area contributed by atoms with E-state index in [1.54, 1.807) is 70.9 Å². The van der Waals surface area contributed by atoms with Crippen molar-refractivity contribution >= 4 is 114 Å². The van der Waals surface area contributed by atoms with E-state index in [9.17, 15) is 33.9 Å². The Kier molecular flexibility index (Phi) is 15.0. The van der Waals surface area contributed by atoms with E-state index < -0.39 is 54.3 Å². The number of hydrogen-bond acceptors (Lipinski definition) is 21. The van der Waals surface area contributed by atoms with Crippen LogP contribution in [0.2, 0.25) is 0 Å². The number of pyridine rings is 1. The third-order valence-corrected chi connectivity index (χ3v) is 16.1. The molecule has 8 heterocycles. The van der Waals surface area contributed by atoms with Gasteiger partial charge in [-0.25, -0.2) is 34.9 Å². The smallest absolute Gasteiger partial charge is 0.277 e. The average Bonchev–Trinajstić information content (AvgIpc) is 4.24. The molecule has 3 atom stereocenters. The SMILES string of the molecule is CNC(=O)C[C@@H]1NC(=O)c2csc(n2)-c2ccc(-c3nc(NC(C)=O)cs3)nc2-c2csc(n2)-c2csc(n2)[C@H]([C@@H](O)c2ccccc2)NC(=O)CNC(=O)c2nc(sc2COC)NC(=O)c2nc1sc2C. The Balaban J connectivity index is 1.13. The fourth-order valence-corrected chi connectivity index (χ4v) is 12.3. The first-order valence-electron chi connectivity index (χ1n) is 21.5. The van der Waals surface area contributed by atoms with E-state index in [0.717, 1.165) is 22.7 Å². The Labute approximate surface area is 432 Å². The Morgan fingerprint density at radius 3 is 2.26 bits per heavy atom. The van der Waals surface area contributed by atoms with Gasteiger partial charge in [-0.3, -0.25) is 34.1 Å². The minimum atomic E-state index is -1.26. The summed E-state index contributed by atoms with van der Waals surface area (Å²) < 4.78 is 5.32. The largest absolute Gasteiger partial charge is 0.386 e.